The Labute approximate surface area is 133 Å². The van der Waals surface area contributed by atoms with Crippen molar-refractivity contribution < 1.29 is 17.9 Å². The van der Waals surface area contributed by atoms with Crippen LogP contribution in [0.1, 0.15) is 33.6 Å². The second-order valence-electron chi connectivity index (χ2n) is 5.88. The van der Waals surface area contributed by atoms with Crippen molar-refractivity contribution in [1.82, 2.24) is 10.2 Å². The second-order valence-corrected chi connectivity index (χ2v) is 8.63. The molecule has 1 heterocycles. The van der Waals surface area contributed by atoms with Gasteiger partial charge >= 0.3 is 5.97 Å². The average molecular weight is 333 g/mol. The van der Waals surface area contributed by atoms with E-state index >= 15 is 0 Å². The van der Waals surface area contributed by atoms with Crippen molar-refractivity contribution >= 4 is 21.8 Å². The fourth-order valence-electron chi connectivity index (χ4n) is 2.32. The van der Waals surface area contributed by atoms with Gasteiger partial charge in [0.15, 0.2) is 15.8 Å². The maximum absolute atomic E-state index is 12.0. The highest BCUT2D eigenvalue weighted by atomic mass is 32.2. The number of ether oxygens (including phenoxy) is 1. The van der Waals surface area contributed by atoms with Crippen molar-refractivity contribution in [3.8, 4) is 0 Å². The Balaban J connectivity index is 2.48. The standard InChI is InChI=1S/C14H27N3O4S/c1-5-21-12(18)7-6-8-16-13(15-4)17-9-10-22(19,20)14(2,3)11-17/h5-11H2,1-4H3,(H,15,16). The Hall–Kier alpha value is -1.31. The molecule has 0 amide bonds. The molecule has 1 N–H and O–H groups in total. The van der Waals surface area contributed by atoms with E-state index in [1.54, 1.807) is 27.8 Å². The lowest BCUT2D eigenvalue weighted by atomic mass is 10.2. The molecule has 0 aromatic carbocycles. The van der Waals surface area contributed by atoms with Gasteiger partial charge in [-0.3, -0.25) is 9.79 Å². The minimum atomic E-state index is -3.06. The zero-order valence-corrected chi connectivity index (χ0v) is 14.7. The molecule has 0 bridgehead atoms. The first-order valence-corrected chi connectivity index (χ1v) is 9.22. The van der Waals surface area contributed by atoms with Gasteiger partial charge in [0.05, 0.1) is 17.1 Å². The van der Waals surface area contributed by atoms with Gasteiger partial charge in [-0.25, -0.2) is 8.42 Å². The van der Waals surface area contributed by atoms with Gasteiger partial charge in [-0.2, -0.15) is 0 Å². The van der Waals surface area contributed by atoms with E-state index in [9.17, 15) is 13.2 Å². The topological polar surface area (TPSA) is 88.1 Å². The van der Waals surface area contributed by atoms with Crippen molar-refractivity contribution in [3.05, 3.63) is 0 Å². The molecule has 1 aliphatic rings. The highest BCUT2D eigenvalue weighted by molar-refractivity contribution is 7.92. The van der Waals surface area contributed by atoms with Crippen LogP contribution in [0.5, 0.6) is 0 Å². The van der Waals surface area contributed by atoms with Crippen LogP contribution < -0.4 is 5.32 Å². The lowest BCUT2D eigenvalue weighted by Gasteiger charge is -2.39. The van der Waals surface area contributed by atoms with Crippen molar-refractivity contribution in [2.24, 2.45) is 4.99 Å². The molecule has 0 saturated carbocycles. The van der Waals surface area contributed by atoms with E-state index in [-0.39, 0.29) is 11.7 Å². The van der Waals surface area contributed by atoms with Crippen LogP contribution in [0.15, 0.2) is 4.99 Å². The zero-order chi connectivity index (χ0) is 16.8. The van der Waals surface area contributed by atoms with E-state index in [0.717, 1.165) is 0 Å². The van der Waals surface area contributed by atoms with Gasteiger partial charge in [0, 0.05) is 33.1 Å². The molecule has 1 aliphatic heterocycles. The van der Waals surface area contributed by atoms with Crippen LogP contribution in [0, 0.1) is 0 Å². The number of nitrogens with zero attached hydrogens (tertiary/aromatic N) is 2. The number of carbonyl (C=O) groups is 1. The lowest BCUT2D eigenvalue weighted by Crippen LogP contribution is -2.57. The van der Waals surface area contributed by atoms with Gasteiger partial charge in [0.2, 0.25) is 0 Å². The van der Waals surface area contributed by atoms with E-state index in [4.69, 9.17) is 4.74 Å². The van der Waals surface area contributed by atoms with Gasteiger partial charge in [-0.05, 0) is 27.2 Å². The van der Waals surface area contributed by atoms with E-state index in [2.05, 4.69) is 10.3 Å². The maximum atomic E-state index is 12.0. The molecule has 22 heavy (non-hydrogen) atoms. The number of hydrogen-bond acceptors (Lipinski definition) is 5. The largest absolute Gasteiger partial charge is 0.466 e. The average Bonchev–Trinajstić information content (AvgIpc) is 2.43. The minimum absolute atomic E-state index is 0.128. The smallest absolute Gasteiger partial charge is 0.305 e. The molecule has 0 aromatic heterocycles. The Kier molecular flexibility index (Phi) is 6.65. The summed E-state index contributed by atoms with van der Waals surface area (Å²) >= 11 is 0. The summed E-state index contributed by atoms with van der Waals surface area (Å²) in [6.45, 7) is 7.09. The predicted octanol–water partition coefficient (Wildman–Crippen LogP) is 0.414. The highest BCUT2D eigenvalue weighted by Crippen LogP contribution is 2.23. The quantitative estimate of drug-likeness (QED) is 0.339. The van der Waals surface area contributed by atoms with Crippen LogP contribution in [0.4, 0.5) is 0 Å². The molecule has 0 radical (unpaired) electrons. The molecule has 128 valence electrons. The highest BCUT2D eigenvalue weighted by Gasteiger charge is 2.40. The summed E-state index contributed by atoms with van der Waals surface area (Å²) in [6.07, 6.45) is 1.01. The second kappa shape index (κ2) is 7.80. The third kappa shape index (κ3) is 4.86. The summed E-state index contributed by atoms with van der Waals surface area (Å²) in [4.78, 5) is 17.4. The zero-order valence-electron chi connectivity index (χ0n) is 13.9. The van der Waals surface area contributed by atoms with Crippen LogP contribution in [-0.4, -0.2) is 69.0 Å². The fraction of sp³-hybridized carbons (Fsp3) is 0.857. The molecular formula is C14H27N3O4S. The number of carbonyl (C=O) groups excluding carboxylic acids is 1. The summed E-state index contributed by atoms with van der Waals surface area (Å²) in [7, 11) is -1.39. The molecule has 0 atom stereocenters. The number of sulfone groups is 1. The Morgan fingerprint density at radius 1 is 1.41 bits per heavy atom. The molecule has 8 heteroatoms. The van der Waals surface area contributed by atoms with E-state index in [1.807, 2.05) is 4.90 Å². The van der Waals surface area contributed by atoms with Gasteiger partial charge in [-0.1, -0.05) is 0 Å². The Bertz CT molecular complexity index is 514. The molecule has 0 aliphatic carbocycles. The van der Waals surface area contributed by atoms with Crippen LogP contribution in [0.2, 0.25) is 0 Å². The number of esters is 1. The SMILES string of the molecule is CCOC(=O)CCCNC(=NC)N1CCS(=O)(=O)C(C)(C)C1. The summed E-state index contributed by atoms with van der Waals surface area (Å²) < 4.78 is 28.1. The maximum Gasteiger partial charge on any atom is 0.305 e. The normalized spacial score (nSPS) is 20.5. The number of nitrogens with one attached hydrogen (secondary N) is 1. The summed E-state index contributed by atoms with van der Waals surface area (Å²) in [5.41, 5.74) is 0. The van der Waals surface area contributed by atoms with Crippen LogP contribution >= 0.6 is 0 Å². The first-order valence-electron chi connectivity index (χ1n) is 7.57. The van der Waals surface area contributed by atoms with Gasteiger partial charge < -0.3 is 15.0 Å². The number of rotatable bonds is 5. The van der Waals surface area contributed by atoms with Gasteiger partial charge in [-0.15, -0.1) is 0 Å². The van der Waals surface area contributed by atoms with Crippen LogP contribution in [0.3, 0.4) is 0 Å². The fourth-order valence-corrected chi connectivity index (χ4v) is 3.69. The first kappa shape index (κ1) is 18.7. The molecule has 1 saturated heterocycles. The molecule has 1 fully saturated rings. The van der Waals surface area contributed by atoms with Gasteiger partial charge in [0.25, 0.3) is 0 Å². The van der Waals surface area contributed by atoms with E-state index in [1.165, 1.54) is 0 Å². The van der Waals surface area contributed by atoms with Crippen LogP contribution in [0.25, 0.3) is 0 Å². The molecule has 0 unspecified atom stereocenters. The third-order valence-electron chi connectivity index (χ3n) is 3.70. The van der Waals surface area contributed by atoms with E-state index < -0.39 is 14.6 Å². The first-order chi connectivity index (χ1) is 10.2. The summed E-state index contributed by atoms with van der Waals surface area (Å²) in [5, 5.41) is 3.18. The van der Waals surface area contributed by atoms with E-state index in [0.29, 0.717) is 45.0 Å². The summed E-state index contributed by atoms with van der Waals surface area (Å²) in [5.74, 6) is 0.597. The number of aliphatic imine (C=N–C) groups is 1. The molecule has 0 spiro atoms. The van der Waals surface area contributed by atoms with Crippen molar-refractivity contribution in [2.75, 3.05) is 39.0 Å². The summed E-state index contributed by atoms with van der Waals surface area (Å²) in [6, 6.07) is 0. The van der Waals surface area contributed by atoms with Crippen molar-refractivity contribution in [2.45, 2.75) is 38.4 Å². The Morgan fingerprint density at radius 2 is 2.09 bits per heavy atom. The van der Waals surface area contributed by atoms with Crippen molar-refractivity contribution in [3.63, 3.8) is 0 Å². The van der Waals surface area contributed by atoms with Crippen LogP contribution in [-0.2, 0) is 19.4 Å². The predicted molar refractivity (Wildman–Crippen MR) is 86.7 cm³/mol. The van der Waals surface area contributed by atoms with Gasteiger partial charge in [0.1, 0.15) is 0 Å². The molecule has 1 rings (SSSR count). The monoisotopic (exact) mass is 333 g/mol. The number of guanidine groups is 1. The number of hydrogen-bond donors (Lipinski definition) is 1. The lowest BCUT2D eigenvalue weighted by molar-refractivity contribution is -0.143. The molecular weight excluding hydrogens is 306 g/mol. The van der Waals surface area contributed by atoms with Crippen molar-refractivity contribution in [1.29, 1.82) is 0 Å². The third-order valence-corrected chi connectivity index (χ3v) is 6.23. The Morgan fingerprint density at radius 3 is 2.64 bits per heavy atom. The molecule has 0 aromatic rings. The molecule has 7 nitrogen and oxygen atoms in total. The minimum Gasteiger partial charge on any atom is -0.466 e.